The first-order valence-corrected chi connectivity index (χ1v) is 9.31. The summed E-state index contributed by atoms with van der Waals surface area (Å²) in [4.78, 5) is 12.1. The van der Waals surface area contributed by atoms with Crippen molar-refractivity contribution in [2.24, 2.45) is 0 Å². The highest BCUT2D eigenvalue weighted by molar-refractivity contribution is 7.99. The van der Waals surface area contributed by atoms with Gasteiger partial charge in [0.2, 0.25) is 0 Å². The number of hydrogen-bond acceptors (Lipinski definition) is 5. The minimum atomic E-state index is -2.49. The third kappa shape index (κ3) is 5.01. The van der Waals surface area contributed by atoms with E-state index in [1.165, 1.54) is 18.9 Å². The molecule has 0 bridgehead atoms. The van der Waals surface area contributed by atoms with Gasteiger partial charge in [-0.2, -0.15) is 8.78 Å². The number of thioether (sulfide) groups is 2. The molecule has 5 nitrogen and oxygen atoms in total. The van der Waals surface area contributed by atoms with Crippen LogP contribution in [0.25, 0.3) is 0 Å². The lowest BCUT2D eigenvalue weighted by Gasteiger charge is -2.10. The molecular weight excluding hydrogens is 356 g/mol. The number of aromatic nitrogens is 3. The molecule has 0 radical (unpaired) electrons. The molecule has 0 aliphatic heterocycles. The number of rotatable bonds is 9. The second-order valence-electron chi connectivity index (χ2n) is 4.97. The second-order valence-corrected chi connectivity index (χ2v) is 6.94. The summed E-state index contributed by atoms with van der Waals surface area (Å²) in [5.74, 6) is -1.51. The summed E-state index contributed by atoms with van der Waals surface area (Å²) in [6, 6.07) is 5.14. The molecule has 0 amide bonds. The van der Waals surface area contributed by atoms with E-state index < -0.39 is 5.76 Å². The molecule has 0 unspecified atom stereocenters. The van der Waals surface area contributed by atoms with E-state index in [1.54, 1.807) is 22.8 Å². The summed E-state index contributed by atoms with van der Waals surface area (Å²) >= 11 is 1.88. The molecule has 0 aliphatic carbocycles. The SMILES string of the molecule is CCCCn1c(SCc2ccc(SC(F)F)c(OC)c2)n[nH]c1=O. The first kappa shape index (κ1) is 18.9. The Morgan fingerprint density at radius 1 is 1.42 bits per heavy atom. The number of nitrogens with zero attached hydrogens (tertiary/aromatic N) is 2. The van der Waals surface area contributed by atoms with Gasteiger partial charge in [-0.3, -0.25) is 4.57 Å². The number of hydrogen-bond donors (Lipinski definition) is 1. The van der Waals surface area contributed by atoms with Crippen LogP contribution in [0.2, 0.25) is 0 Å². The summed E-state index contributed by atoms with van der Waals surface area (Å²) < 4.78 is 31.8. The number of unbranched alkanes of at least 4 members (excludes halogenated alkanes) is 1. The van der Waals surface area contributed by atoms with Crippen molar-refractivity contribution >= 4 is 23.5 Å². The summed E-state index contributed by atoms with van der Waals surface area (Å²) in [6.07, 6.45) is 1.89. The van der Waals surface area contributed by atoms with Gasteiger partial charge in [0.25, 0.3) is 5.76 Å². The standard InChI is InChI=1S/C15H19F2N3O2S2/c1-3-4-7-20-14(21)18-19-15(20)23-9-10-5-6-12(24-13(16)17)11(8-10)22-2/h5-6,8,13H,3-4,7,9H2,1-2H3,(H,18,21). The second kappa shape index (κ2) is 9.12. The molecule has 1 aromatic heterocycles. The fraction of sp³-hybridized carbons (Fsp3) is 0.467. The van der Waals surface area contributed by atoms with Crippen LogP contribution in [-0.2, 0) is 12.3 Å². The largest absolute Gasteiger partial charge is 0.496 e. The van der Waals surface area contributed by atoms with Crippen LogP contribution < -0.4 is 10.4 Å². The van der Waals surface area contributed by atoms with Crippen molar-refractivity contribution in [1.82, 2.24) is 14.8 Å². The first-order valence-electron chi connectivity index (χ1n) is 7.44. The quantitative estimate of drug-likeness (QED) is 0.672. The van der Waals surface area contributed by atoms with Gasteiger partial charge in [-0.25, -0.2) is 9.89 Å². The van der Waals surface area contributed by atoms with Crippen molar-refractivity contribution in [1.29, 1.82) is 0 Å². The maximum absolute atomic E-state index is 12.5. The molecule has 0 spiro atoms. The van der Waals surface area contributed by atoms with Gasteiger partial charge in [-0.1, -0.05) is 42.9 Å². The van der Waals surface area contributed by atoms with Crippen molar-refractivity contribution < 1.29 is 13.5 Å². The van der Waals surface area contributed by atoms with Crippen LogP contribution in [-0.4, -0.2) is 27.6 Å². The van der Waals surface area contributed by atoms with E-state index in [9.17, 15) is 13.6 Å². The number of H-pyrrole nitrogens is 1. The summed E-state index contributed by atoms with van der Waals surface area (Å²) in [6.45, 7) is 2.69. The van der Waals surface area contributed by atoms with E-state index in [4.69, 9.17) is 4.74 Å². The number of ether oxygens (including phenoxy) is 1. The van der Waals surface area contributed by atoms with Gasteiger partial charge in [0.15, 0.2) is 5.16 Å². The minimum absolute atomic E-state index is 0.216. The zero-order chi connectivity index (χ0) is 17.5. The summed E-state index contributed by atoms with van der Waals surface area (Å²) in [5.41, 5.74) is 0.695. The number of halogens is 2. The Bertz CT molecular complexity index is 719. The number of benzene rings is 1. The van der Waals surface area contributed by atoms with E-state index >= 15 is 0 Å². The third-order valence-corrected chi connectivity index (χ3v) is 5.09. The molecular formula is C15H19F2N3O2S2. The molecule has 132 valence electrons. The Morgan fingerprint density at radius 3 is 2.88 bits per heavy atom. The highest BCUT2D eigenvalue weighted by Crippen LogP contribution is 2.35. The lowest BCUT2D eigenvalue weighted by Crippen LogP contribution is -2.17. The minimum Gasteiger partial charge on any atom is -0.496 e. The highest BCUT2D eigenvalue weighted by Gasteiger charge is 2.13. The van der Waals surface area contributed by atoms with Crippen LogP contribution in [0.1, 0.15) is 25.3 Å². The molecule has 24 heavy (non-hydrogen) atoms. The van der Waals surface area contributed by atoms with Crippen molar-refractivity contribution in [2.45, 2.75) is 47.9 Å². The number of nitrogens with one attached hydrogen (secondary N) is 1. The molecule has 0 aliphatic rings. The van der Waals surface area contributed by atoms with E-state index in [0.29, 0.717) is 39.9 Å². The molecule has 1 N–H and O–H groups in total. The zero-order valence-corrected chi connectivity index (χ0v) is 15.1. The Kier molecular flexibility index (Phi) is 7.16. The maximum Gasteiger partial charge on any atom is 0.343 e. The molecule has 1 aromatic carbocycles. The normalized spacial score (nSPS) is 11.2. The third-order valence-electron chi connectivity index (χ3n) is 3.27. The summed E-state index contributed by atoms with van der Waals surface area (Å²) in [7, 11) is 1.46. The van der Waals surface area contributed by atoms with Crippen LogP contribution in [0, 0.1) is 0 Å². The summed E-state index contributed by atoms with van der Waals surface area (Å²) in [5, 5.41) is 7.12. The molecule has 0 saturated heterocycles. The monoisotopic (exact) mass is 375 g/mol. The van der Waals surface area contributed by atoms with Gasteiger partial charge in [-0.05, 0) is 24.1 Å². The number of aromatic amines is 1. The van der Waals surface area contributed by atoms with Gasteiger partial charge >= 0.3 is 5.69 Å². The Hall–Kier alpha value is -1.48. The zero-order valence-electron chi connectivity index (χ0n) is 13.4. The van der Waals surface area contributed by atoms with Crippen LogP contribution in [0.3, 0.4) is 0 Å². The molecule has 0 saturated carbocycles. The Labute approximate surface area is 147 Å². The highest BCUT2D eigenvalue weighted by atomic mass is 32.2. The molecule has 1 heterocycles. The predicted octanol–water partition coefficient (Wildman–Crippen LogP) is 3.99. The fourth-order valence-corrected chi connectivity index (χ4v) is 3.58. The average Bonchev–Trinajstić information content (AvgIpc) is 2.91. The Balaban J connectivity index is 2.08. The van der Waals surface area contributed by atoms with E-state index in [0.717, 1.165) is 18.4 Å². The van der Waals surface area contributed by atoms with Crippen molar-refractivity contribution in [2.75, 3.05) is 7.11 Å². The fourth-order valence-electron chi connectivity index (χ4n) is 2.07. The smallest absolute Gasteiger partial charge is 0.343 e. The lowest BCUT2D eigenvalue weighted by molar-refractivity contribution is 0.251. The van der Waals surface area contributed by atoms with Crippen LogP contribution in [0.15, 0.2) is 33.0 Å². The topological polar surface area (TPSA) is 59.9 Å². The van der Waals surface area contributed by atoms with E-state index in [-0.39, 0.29) is 5.69 Å². The van der Waals surface area contributed by atoms with Crippen LogP contribution in [0.5, 0.6) is 5.75 Å². The molecule has 9 heteroatoms. The van der Waals surface area contributed by atoms with E-state index in [1.807, 2.05) is 0 Å². The average molecular weight is 375 g/mol. The first-order chi connectivity index (χ1) is 11.5. The molecule has 2 aromatic rings. The van der Waals surface area contributed by atoms with Gasteiger partial charge in [0, 0.05) is 12.3 Å². The molecule has 2 rings (SSSR count). The number of alkyl halides is 2. The number of methoxy groups -OCH3 is 1. The maximum atomic E-state index is 12.5. The van der Waals surface area contributed by atoms with Gasteiger partial charge in [0.1, 0.15) is 5.75 Å². The van der Waals surface area contributed by atoms with Crippen LogP contribution >= 0.6 is 23.5 Å². The van der Waals surface area contributed by atoms with Gasteiger partial charge in [0.05, 0.1) is 12.0 Å². The lowest BCUT2D eigenvalue weighted by atomic mass is 10.2. The van der Waals surface area contributed by atoms with Crippen molar-refractivity contribution in [3.8, 4) is 5.75 Å². The molecule has 0 atom stereocenters. The van der Waals surface area contributed by atoms with Gasteiger partial charge in [-0.15, -0.1) is 5.10 Å². The van der Waals surface area contributed by atoms with Crippen molar-refractivity contribution in [3.05, 3.63) is 34.2 Å². The van der Waals surface area contributed by atoms with Crippen LogP contribution in [0.4, 0.5) is 8.78 Å². The predicted molar refractivity (Wildman–Crippen MR) is 92.2 cm³/mol. The van der Waals surface area contributed by atoms with E-state index in [2.05, 4.69) is 17.1 Å². The van der Waals surface area contributed by atoms with Crippen molar-refractivity contribution in [3.63, 3.8) is 0 Å². The molecule has 0 fully saturated rings. The Morgan fingerprint density at radius 2 is 2.21 bits per heavy atom. The van der Waals surface area contributed by atoms with Gasteiger partial charge < -0.3 is 4.74 Å².